The largest absolute Gasteiger partial charge is 0.497 e. The molecule has 0 aliphatic carbocycles. The quantitative estimate of drug-likeness (QED) is 0.737. The van der Waals surface area contributed by atoms with Crippen molar-refractivity contribution in [3.63, 3.8) is 0 Å². The van der Waals surface area contributed by atoms with Gasteiger partial charge < -0.3 is 24.4 Å². The molecule has 1 N–H and O–H groups in total. The van der Waals surface area contributed by atoms with Gasteiger partial charge in [0.15, 0.2) is 0 Å². The molecular weight excluding hydrogens is 356 g/mol. The van der Waals surface area contributed by atoms with Gasteiger partial charge in [-0.1, -0.05) is 6.07 Å². The maximum atomic E-state index is 12.6. The van der Waals surface area contributed by atoms with Crippen molar-refractivity contribution < 1.29 is 19.0 Å². The third kappa shape index (κ3) is 5.63. The van der Waals surface area contributed by atoms with Crippen LogP contribution in [-0.4, -0.2) is 43.8 Å². The second-order valence-electron chi connectivity index (χ2n) is 6.76. The topological polar surface area (TPSA) is 60.0 Å². The highest BCUT2D eigenvalue weighted by Crippen LogP contribution is 2.26. The number of amides is 2. The lowest BCUT2D eigenvalue weighted by Crippen LogP contribution is -2.41. The van der Waals surface area contributed by atoms with Gasteiger partial charge in [0.2, 0.25) is 0 Å². The van der Waals surface area contributed by atoms with Crippen LogP contribution < -0.4 is 14.8 Å². The van der Waals surface area contributed by atoms with Gasteiger partial charge in [-0.05, 0) is 62.6 Å². The molecule has 0 saturated carbocycles. The van der Waals surface area contributed by atoms with Crippen LogP contribution in [0.15, 0.2) is 48.5 Å². The number of benzene rings is 2. The number of nitrogens with zero attached hydrogens (tertiary/aromatic N) is 1. The Kier molecular flexibility index (Phi) is 7.14. The highest BCUT2D eigenvalue weighted by Gasteiger charge is 2.20. The fourth-order valence-electron chi connectivity index (χ4n) is 3.16. The normalized spacial score (nSPS) is 16.3. The van der Waals surface area contributed by atoms with Gasteiger partial charge in [0.1, 0.15) is 17.2 Å². The van der Waals surface area contributed by atoms with Crippen molar-refractivity contribution in [2.45, 2.75) is 32.3 Å². The number of nitrogens with one attached hydrogen (secondary N) is 1. The van der Waals surface area contributed by atoms with Gasteiger partial charge in [0.25, 0.3) is 0 Å². The summed E-state index contributed by atoms with van der Waals surface area (Å²) in [5.41, 5.74) is 0.728. The molecule has 0 unspecified atom stereocenters. The zero-order valence-corrected chi connectivity index (χ0v) is 16.5. The summed E-state index contributed by atoms with van der Waals surface area (Å²) >= 11 is 0. The molecule has 2 aromatic rings. The van der Waals surface area contributed by atoms with Gasteiger partial charge in [-0.25, -0.2) is 4.79 Å². The molecule has 1 aliphatic heterocycles. The fourth-order valence-corrected chi connectivity index (χ4v) is 3.16. The lowest BCUT2D eigenvalue weighted by atomic mass is 10.1. The lowest BCUT2D eigenvalue weighted by Gasteiger charge is -2.29. The van der Waals surface area contributed by atoms with E-state index in [1.807, 2.05) is 55.5 Å². The maximum Gasteiger partial charge on any atom is 0.321 e. The molecule has 28 heavy (non-hydrogen) atoms. The Labute approximate surface area is 166 Å². The minimum atomic E-state index is -0.113. The summed E-state index contributed by atoms with van der Waals surface area (Å²) in [6.07, 6.45) is 3.43. The zero-order valence-electron chi connectivity index (χ0n) is 16.5. The zero-order chi connectivity index (χ0) is 19.8. The van der Waals surface area contributed by atoms with Crippen LogP contribution in [0.1, 0.15) is 26.2 Å². The van der Waals surface area contributed by atoms with Crippen LogP contribution in [0.25, 0.3) is 0 Å². The molecule has 1 aliphatic rings. The molecule has 1 fully saturated rings. The summed E-state index contributed by atoms with van der Waals surface area (Å²) in [6.45, 7) is 4.04. The van der Waals surface area contributed by atoms with E-state index in [1.165, 1.54) is 6.42 Å². The number of methoxy groups -OCH3 is 1. The number of anilines is 1. The van der Waals surface area contributed by atoms with Gasteiger partial charge in [-0.3, -0.25) is 0 Å². The molecule has 1 saturated heterocycles. The Morgan fingerprint density at radius 3 is 2.61 bits per heavy atom. The van der Waals surface area contributed by atoms with Crippen molar-refractivity contribution in [2.24, 2.45) is 0 Å². The van der Waals surface area contributed by atoms with E-state index in [9.17, 15) is 4.79 Å². The minimum absolute atomic E-state index is 0.113. The molecule has 2 aromatic carbocycles. The van der Waals surface area contributed by atoms with E-state index < -0.39 is 0 Å². The Morgan fingerprint density at radius 2 is 1.93 bits per heavy atom. The van der Waals surface area contributed by atoms with Crippen LogP contribution in [-0.2, 0) is 4.74 Å². The summed E-state index contributed by atoms with van der Waals surface area (Å²) < 4.78 is 16.8. The van der Waals surface area contributed by atoms with Crippen molar-refractivity contribution in [3.8, 4) is 17.2 Å². The van der Waals surface area contributed by atoms with Crippen LogP contribution >= 0.6 is 0 Å². The monoisotopic (exact) mass is 384 g/mol. The van der Waals surface area contributed by atoms with Gasteiger partial charge in [-0.15, -0.1) is 0 Å². The Hall–Kier alpha value is -2.73. The van der Waals surface area contributed by atoms with E-state index in [0.29, 0.717) is 24.6 Å². The molecule has 0 spiro atoms. The van der Waals surface area contributed by atoms with Crippen molar-refractivity contribution in [1.82, 2.24) is 4.90 Å². The van der Waals surface area contributed by atoms with Crippen LogP contribution in [0.2, 0.25) is 0 Å². The molecular formula is C22H28N2O4. The molecule has 0 radical (unpaired) electrons. The first-order valence-electron chi connectivity index (χ1n) is 9.77. The molecule has 1 heterocycles. The van der Waals surface area contributed by atoms with Crippen molar-refractivity contribution in [1.29, 1.82) is 0 Å². The average Bonchev–Trinajstić information content (AvgIpc) is 2.74. The van der Waals surface area contributed by atoms with Gasteiger partial charge in [0.05, 0.1) is 13.2 Å². The molecule has 0 bridgehead atoms. The number of rotatable bonds is 7. The number of likely N-dealkylation sites (N-methyl/N-ethyl adjacent to an activating group) is 1. The van der Waals surface area contributed by atoms with E-state index in [2.05, 4.69) is 5.32 Å². The summed E-state index contributed by atoms with van der Waals surface area (Å²) in [5, 5.41) is 2.95. The highest BCUT2D eigenvalue weighted by atomic mass is 16.5. The van der Waals surface area contributed by atoms with Crippen molar-refractivity contribution in [2.75, 3.05) is 32.1 Å². The molecule has 3 rings (SSSR count). The van der Waals surface area contributed by atoms with Gasteiger partial charge >= 0.3 is 6.03 Å². The van der Waals surface area contributed by atoms with E-state index in [-0.39, 0.29) is 12.1 Å². The predicted molar refractivity (Wildman–Crippen MR) is 109 cm³/mol. The SMILES string of the molecule is CCN(C[C@@H]1CCCCO1)C(=O)Nc1ccc(Oc2cccc(OC)c2)cc1. The first kappa shape index (κ1) is 20.0. The summed E-state index contributed by atoms with van der Waals surface area (Å²) in [4.78, 5) is 14.4. The highest BCUT2D eigenvalue weighted by molar-refractivity contribution is 5.89. The number of hydrogen-bond acceptors (Lipinski definition) is 4. The molecule has 150 valence electrons. The predicted octanol–water partition coefficient (Wildman–Crippen LogP) is 4.91. The first-order valence-corrected chi connectivity index (χ1v) is 9.77. The van der Waals surface area contributed by atoms with Crippen LogP contribution in [0.3, 0.4) is 0 Å². The van der Waals surface area contributed by atoms with E-state index in [4.69, 9.17) is 14.2 Å². The second-order valence-corrected chi connectivity index (χ2v) is 6.76. The first-order chi connectivity index (χ1) is 13.7. The van der Waals surface area contributed by atoms with E-state index in [0.717, 1.165) is 30.9 Å². The van der Waals surface area contributed by atoms with Crippen LogP contribution in [0.5, 0.6) is 17.2 Å². The summed E-state index contributed by atoms with van der Waals surface area (Å²) in [5.74, 6) is 2.12. The maximum absolute atomic E-state index is 12.6. The Morgan fingerprint density at radius 1 is 1.14 bits per heavy atom. The number of carbonyl (C=O) groups is 1. The third-order valence-electron chi connectivity index (χ3n) is 4.75. The Balaban J connectivity index is 1.55. The molecule has 0 aromatic heterocycles. The van der Waals surface area contributed by atoms with Crippen molar-refractivity contribution >= 4 is 11.7 Å². The molecule has 6 nitrogen and oxygen atoms in total. The van der Waals surface area contributed by atoms with E-state index >= 15 is 0 Å². The fraction of sp³-hybridized carbons (Fsp3) is 0.409. The number of carbonyl (C=O) groups excluding carboxylic acids is 1. The number of hydrogen-bond donors (Lipinski definition) is 1. The molecule has 1 atom stereocenters. The standard InChI is InChI=1S/C22H28N2O4/c1-3-24(16-21-7-4-5-14-27-21)22(25)23-17-10-12-18(13-11-17)28-20-9-6-8-19(15-20)26-2/h6,8-13,15,21H,3-5,7,14,16H2,1-2H3,(H,23,25)/t21-/m0/s1. The molecule has 2 amide bonds. The Bertz CT molecular complexity index is 757. The third-order valence-corrected chi connectivity index (χ3v) is 4.75. The second kappa shape index (κ2) is 9.99. The van der Waals surface area contributed by atoms with Gasteiger partial charge in [0, 0.05) is 31.5 Å². The van der Waals surface area contributed by atoms with Crippen molar-refractivity contribution in [3.05, 3.63) is 48.5 Å². The molecule has 6 heteroatoms. The average molecular weight is 384 g/mol. The van der Waals surface area contributed by atoms with Crippen LogP contribution in [0, 0.1) is 0 Å². The van der Waals surface area contributed by atoms with Crippen LogP contribution in [0.4, 0.5) is 10.5 Å². The smallest absolute Gasteiger partial charge is 0.321 e. The lowest BCUT2D eigenvalue weighted by molar-refractivity contribution is 0.00221. The number of urea groups is 1. The van der Waals surface area contributed by atoms with E-state index in [1.54, 1.807) is 12.0 Å². The van der Waals surface area contributed by atoms with Gasteiger partial charge in [-0.2, -0.15) is 0 Å². The summed E-state index contributed by atoms with van der Waals surface area (Å²) in [6, 6.07) is 14.6. The summed E-state index contributed by atoms with van der Waals surface area (Å²) in [7, 11) is 1.62. The number of ether oxygens (including phenoxy) is 3. The minimum Gasteiger partial charge on any atom is -0.497 e.